The lowest BCUT2D eigenvalue weighted by atomic mass is 9.81. The van der Waals surface area contributed by atoms with Gasteiger partial charge in [-0.05, 0) is 74.4 Å². The van der Waals surface area contributed by atoms with Crippen LogP contribution in [0.3, 0.4) is 0 Å². The lowest BCUT2D eigenvalue weighted by Gasteiger charge is -2.31. The van der Waals surface area contributed by atoms with Crippen LogP contribution in [-0.2, 0) is 16.9 Å². The Kier molecular flexibility index (Phi) is 3.67. The normalized spacial score (nSPS) is 21.7. The zero-order chi connectivity index (χ0) is 19.7. The van der Waals surface area contributed by atoms with Crippen molar-refractivity contribution in [3.05, 3.63) is 70.5 Å². The lowest BCUT2D eigenvalue weighted by Crippen LogP contribution is -2.28. The van der Waals surface area contributed by atoms with E-state index in [4.69, 9.17) is 14.1 Å². The molecule has 2 aromatic rings. The van der Waals surface area contributed by atoms with Gasteiger partial charge in [-0.1, -0.05) is 18.2 Å². The van der Waals surface area contributed by atoms with Gasteiger partial charge < -0.3 is 9.64 Å². The molecule has 0 saturated heterocycles. The Balaban J connectivity index is 1.93. The summed E-state index contributed by atoms with van der Waals surface area (Å²) >= 11 is 0. The highest BCUT2D eigenvalue weighted by molar-refractivity contribution is 5.47. The maximum absolute atomic E-state index is 13.4. The molecule has 24 heavy (non-hydrogen) atoms. The Labute approximate surface area is 146 Å². The highest BCUT2D eigenvalue weighted by Gasteiger charge is 2.41. The number of halogens is 1. The first-order valence-corrected chi connectivity index (χ1v) is 7.91. The third-order valence-corrected chi connectivity index (χ3v) is 4.48. The number of nitrogens with zero attached hydrogens (tertiary/aromatic N) is 2. The Morgan fingerprint density at radius 3 is 2.83 bits per heavy atom. The van der Waals surface area contributed by atoms with Gasteiger partial charge in [0.25, 0.3) is 0 Å². The van der Waals surface area contributed by atoms with Gasteiger partial charge >= 0.3 is 0 Å². The van der Waals surface area contributed by atoms with E-state index in [-0.39, 0.29) is 5.82 Å². The van der Waals surface area contributed by atoms with Gasteiger partial charge in [0.2, 0.25) is 0 Å². The minimum atomic E-state index is -2.14. The molecule has 0 fully saturated rings. The Morgan fingerprint density at radius 1 is 1.33 bits per heavy atom. The predicted molar refractivity (Wildman–Crippen MR) is 90.9 cm³/mol. The lowest BCUT2D eigenvalue weighted by molar-refractivity contribution is -0.0140. The number of rotatable bonds is 5. The summed E-state index contributed by atoms with van der Waals surface area (Å²) in [4.78, 5) is 1.33. The summed E-state index contributed by atoms with van der Waals surface area (Å²) in [5.41, 5.74) is 2.50. The smallest absolute Gasteiger partial charge is 0.123 e. The van der Waals surface area contributed by atoms with Gasteiger partial charge in [-0.2, -0.15) is 5.26 Å². The number of ether oxygens (including phenoxy) is 1. The maximum atomic E-state index is 13.4. The molecular formula is C20H21FN2O. The van der Waals surface area contributed by atoms with E-state index in [0.29, 0.717) is 31.6 Å². The number of hydrogen-bond donors (Lipinski definition) is 0. The molecule has 1 heterocycles. The van der Waals surface area contributed by atoms with Crippen LogP contribution in [0.15, 0.2) is 42.5 Å². The topological polar surface area (TPSA) is 36.3 Å². The van der Waals surface area contributed by atoms with Crippen molar-refractivity contribution in [1.82, 2.24) is 4.90 Å². The van der Waals surface area contributed by atoms with E-state index < -0.39 is 12.6 Å². The molecule has 4 heteroatoms. The van der Waals surface area contributed by atoms with Gasteiger partial charge in [-0.3, -0.25) is 0 Å². The van der Waals surface area contributed by atoms with Crippen molar-refractivity contribution in [3.63, 3.8) is 0 Å². The van der Waals surface area contributed by atoms with E-state index in [1.807, 2.05) is 12.1 Å². The van der Waals surface area contributed by atoms with Crippen LogP contribution >= 0.6 is 0 Å². The molecule has 0 amide bonds. The molecule has 0 spiro atoms. The number of hydrogen-bond acceptors (Lipinski definition) is 3. The van der Waals surface area contributed by atoms with E-state index >= 15 is 0 Å². The summed E-state index contributed by atoms with van der Waals surface area (Å²) in [6.07, 6.45) is 1.14. The monoisotopic (exact) mass is 327 g/mol. The van der Waals surface area contributed by atoms with Crippen molar-refractivity contribution >= 4 is 0 Å². The molecule has 3 nitrogen and oxygen atoms in total. The van der Waals surface area contributed by atoms with Gasteiger partial charge in [0.15, 0.2) is 0 Å². The zero-order valence-corrected chi connectivity index (χ0v) is 13.6. The van der Waals surface area contributed by atoms with Crippen molar-refractivity contribution in [1.29, 1.82) is 5.26 Å². The van der Waals surface area contributed by atoms with E-state index in [0.717, 1.165) is 16.7 Å². The van der Waals surface area contributed by atoms with E-state index in [9.17, 15) is 4.39 Å². The maximum Gasteiger partial charge on any atom is 0.123 e. The summed E-state index contributed by atoms with van der Waals surface area (Å²) in [6, 6.07) is 13.8. The Bertz CT molecular complexity index is 861. The van der Waals surface area contributed by atoms with E-state index in [1.165, 1.54) is 17.0 Å². The van der Waals surface area contributed by atoms with Crippen LogP contribution in [0.1, 0.15) is 39.2 Å². The fourth-order valence-corrected chi connectivity index (χ4v) is 3.33. The molecule has 124 valence electrons. The third-order valence-electron chi connectivity index (χ3n) is 4.48. The van der Waals surface area contributed by atoms with Crippen molar-refractivity contribution in [2.75, 3.05) is 20.6 Å². The molecule has 2 aromatic carbocycles. The Morgan fingerprint density at radius 2 is 2.12 bits per heavy atom. The van der Waals surface area contributed by atoms with Crippen molar-refractivity contribution < 1.29 is 13.2 Å². The average Bonchev–Trinajstić information content (AvgIpc) is 3.00. The quantitative estimate of drug-likeness (QED) is 0.838. The molecule has 1 aliphatic heterocycles. The fourth-order valence-electron chi connectivity index (χ4n) is 3.33. The molecule has 0 aromatic heterocycles. The van der Waals surface area contributed by atoms with Crippen molar-refractivity contribution in [2.45, 2.75) is 25.0 Å². The first kappa shape index (κ1) is 13.1. The van der Waals surface area contributed by atoms with Crippen LogP contribution in [0.25, 0.3) is 0 Å². The molecular weight excluding hydrogens is 303 g/mol. The van der Waals surface area contributed by atoms with Crippen LogP contribution in [-0.4, -0.2) is 25.5 Å². The van der Waals surface area contributed by atoms with Gasteiger partial charge in [-0.15, -0.1) is 0 Å². The number of fused-ring (bicyclic) bond motifs is 1. The molecule has 1 aliphatic rings. The van der Waals surface area contributed by atoms with Gasteiger partial charge in [0.1, 0.15) is 11.4 Å². The highest BCUT2D eigenvalue weighted by Crippen LogP contribution is 2.45. The Hall–Kier alpha value is -2.22. The second-order valence-electron chi connectivity index (χ2n) is 6.13. The molecule has 0 radical (unpaired) electrons. The van der Waals surface area contributed by atoms with Crippen molar-refractivity contribution in [3.8, 4) is 6.07 Å². The van der Waals surface area contributed by atoms with Crippen LogP contribution < -0.4 is 0 Å². The van der Waals surface area contributed by atoms with Crippen LogP contribution in [0, 0.1) is 17.1 Å². The average molecular weight is 327 g/mol. The molecule has 0 N–H and O–H groups in total. The molecule has 0 saturated carbocycles. The van der Waals surface area contributed by atoms with Gasteiger partial charge in [-0.25, -0.2) is 4.39 Å². The highest BCUT2D eigenvalue weighted by atomic mass is 19.1. The number of benzene rings is 2. The van der Waals surface area contributed by atoms with Crippen molar-refractivity contribution in [2.24, 2.45) is 0 Å². The molecule has 0 aliphatic carbocycles. The predicted octanol–water partition coefficient (Wildman–Crippen LogP) is 3.81. The van der Waals surface area contributed by atoms with E-state index in [1.54, 1.807) is 25.2 Å². The molecule has 3 rings (SSSR count). The first-order chi connectivity index (χ1) is 12.8. The molecule has 1 unspecified atom stereocenters. The molecule has 0 bridgehead atoms. The minimum absolute atomic E-state index is 0.325. The summed E-state index contributed by atoms with van der Waals surface area (Å²) in [6.45, 7) is -1.40. The summed E-state index contributed by atoms with van der Waals surface area (Å²) in [5, 5.41) is 9.13. The second-order valence-corrected chi connectivity index (χ2v) is 6.13. The largest absolute Gasteiger partial charge is 0.361 e. The molecule has 1 atom stereocenters. The summed E-state index contributed by atoms with van der Waals surface area (Å²) in [5.74, 6) is -0.325. The van der Waals surface area contributed by atoms with Gasteiger partial charge in [0.05, 0.1) is 18.2 Å². The summed E-state index contributed by atoms with van der Waals surface area (Å²) < 4.78 is 42.1. The van der Waals surface area contributed by atoms with Gasteiger partial charge in [0, 0.05) is 4.11 Å². The van der Waals surface area contributed by atoms with E-state index in [2.05, 4.69) is 6.07 Å². The van der Waals surface area contributed by atoms with Crippen LogP contribution in [0.2, 0.25) is 0 Å². The first-order valence-electron chi connectivity index (χ1n) is 9.41. The van der Waals surface area contributed by atoms with Crippen LogP contribution in [0.5, 0.6) is 0 Å². The minimum Gasteiger partial charge on any atom is -0.361 e. The number of nitriles is 1. The summed E-state index contributed by atoms with van der Waals surface area (Å²) in [7, 11) is 1.57. The zero-order valence-electron chi connectivity index (χ0n) is 16.6. The third kappa shape index (κ3) is 3.06. The SMILES string of the molecule is [2H]C([2H])([2H])N(C)CCCC1(c2ccc(F)cc2)OCc2cc(C#N)ccc21. The second kappa shape index (κ2) is 6.72. The fraction of sp³-hybridized carbons (Fsp3) is 0.350. The standard InChI is InChI=1S/C20H21FN2O/c1-23(2)11-3-10-20(17-5-7-18(21)8-6-17)19-9-4-15(13-22)12-16(19)14-24-20/h4-9,12H,3,10-11,14H2,1-2H3/i1D3. The van der Waals surface area contributed by atoms with Crippen LogP contribution in [0.4, 0.5) is 4.39 Å².